The summed E-state index contributed by atoms with van der Waals surface area (Å²) < 4.78 is 5.17. The zero-order valence-electron chi connectivity index (χ0n) is 12.3. The quantitative estimate of drug-likeness (QED) is 0.412. The van der Waals surface area contributed by atoms with Crippen LogP contribution in [-0.2, 0) is 16.1 Å². The highest BCUT2D eigenvalue weighted by atomic mass is 16.5. The van der Waals surface area contributed by atoms with Crippen LogP contribution in [0.1, 0.15) is 18.9 Å². The van der Waals surface area contributed by atoms with Crippen LogP contribution >= 0.6 is 0 Å². The molecule has 1 rings (SSSR count). The topological polar surface area (TPSA) is 74.1 Å². The maximum Gasteiger partial charge on any atom is 0.263 e. The summed E-state index contributed by atoms with van der Waals surface area (Å²) in [7, 11) is 0. The number of nitriles is 1. The van der Waals surface area contributed by atoms with Crippen molar-refractivity contribution < 1.29 is 9.53 Å². The van der Waals surface area contributed by atoms with Crippen molar-refractivity contribution in [2.75, 3.05) is 19.8 Å². The lowest BCUT2D eigenvalue weighted by Gasteiger charge is -2.05. The maximum atomic E-state index is 11.8. The lowest BCUT2D eigenvalue weighted by molar-refractivity contribution is -0.117. The van der Waals surface area contributed by atoms with Gasteiger partial charge in [-0.2, -0.15) is 5.26 Å². The van der Waals surface area contributed by atoms with Crippen LogP contribution in [0.5, 0.6) is 0 Å². The Morgan fingerprint density at radius 3 is 2.81 bits per heavy atom. The zero-order chi connectivity index (χ0) is 15.3. The molecule has 1 aromatic rings. The first-order valence-electron chi connectivity index (χ1n) is 7.01. The molecule has 0 saturated heterocycles. The molecule has 21 heavy (non-hydrogen) atoms. The van der Waals surface area contributed by atoms with Crippen molar-refractivity contribution in [3.8, 4) is 6.07 Å². The van der Waals surface area contributed by atoms with E-state index in [1.807, 2.05) is 43.3 Å². The van der Waals surface area contributed by atoms with Crippen LogP contribution in [0.15, 0.2) is 42.1 Å². The van der Waals surface area contributed by atoms with Crippen molar-refractivity contribution in [1.82, 2.24) is 10.6 Å². The third-order valence-electron chi connectivity index (χ3n) is 2.72. The first-order valence-corrected chi connectivity index (χ1v) is 7.01. The largest absolute Gasteiger partial charge is 0.386 e. The van der Waals surface area contributed by atoms with Gasteiger partial charge in [-0.15, -0.1) is 0 Å². The van der Waals surface area contributed by atoms with E-state index in [2.05, 4.69) is 10.6 Å². The Labute approximate surface area is 125 Å². The summed E-state index contributed by atoms with van der Waals surface area (Å²) in [5.41, 5.74) is 1.16. The van der Waals surface area contributed by atoms with Crippen LogP contribution in [0.2, 0.25) is 0 Å². The van der Waals surface area contributed by atoms with Crippen molar-refractivity contribution in [1.29, 1.82) is 5.26 Å². The highest BCUT2D eigenvalue weighted by Crippen LogP contribution is 1.98. The second-order valence-corrected chi connectivity index (χ2v) is 4.34. The van der Waals surface area contributed by atoms with Gasteiger partial charge < -0.3 is 15.4 Å². The summed E-state index contributed by atoms with van der Waals surface area (Å²) in [5, 5.41) is 14.7. The van der Waals surface area contributed by atoms with Gasteiger partial charge >= 0.3 is 0 Å². The fraction of sp³-hybridized carbons (Fsp3) is 0.375. The molecule has 0 saturated carbocycles. The number of nitrogens with one attached hydrogen (secondary N) is 2. The van der Waals surface area contributed by atoms with E-state index in [9.17, 15) is 4.79 Å². The third-order valence-corrected chi connectivity index (χ3v) is 2.72. The van der Waals surface area contributed by atoms with Crippen LogP contribution in [0.3, 0.4) is 0 Å². The average Bonchev–Trinajstić information content (AvgIpc) is 2.52. The van der Waals surface area contributed by atoms with E-state index in [0.717, 1.165) is 12.0 Å². The minimum absolute atomic E-state index is 0.0716. The fourth-order valence-corrected chi connectivity index (χ4v) is 1.63. The van der Waals surface area contributed by atoms with Crippen molar-refractivity contribution in [3.05, 3.63) is 47.7 Å². The van der Waals surface area contributed by atoms with Crippen LogP contribution in [0.4, 0.5) is 0 Å². The Morgan fingerprint density at radius 1 is 1.38 bits per heavy atom. The van der Waals surface area contributed by atoms with E-state index >= 15 is 0 Å². The molecule has 2 N–H and O–H groups in total. The predicted octanol–water partition coefficient (Wildman–Crippen LogP) is 1.73. The molecule has 0 atom stereocenters. The van der Waals surface area contributed by atoms with E-state index in [-0.39, 0.29) is 11.5 Å². The Balaban J connectivity index is 2.33. The lowest BCUT2D eigenvalue weighted by Crippen LogP contribution is -2.27. The number of nitrogens with zero attached hydrogens (tertiary/aromatic N) is 1. The molecule has 0 aromatic heterocycles. The number of carbonyl (C=O) groups excluding carboxylic acids is 1. The second-order valence-electron chi connectivity index (χ2n) is 4.34. The minimum atomic E-state index is -0.366. The van der Waals surface area contributed by atoms with Gasteiger partial charge in [-0.05, 0) is 18.9 Å². The van der Waals surface area contributed by atoms with E-state index in [1.165, 1.54) is 6.20 Å². The lowest BCUT2D eigenvalue weighted by atomic mass is 10.2. The standard InChI is InChI=1S/C16H21N3O2/c1-2-21-10-6-9-19-16(20)15(11-17)13-18-12-14-7-4-3-5-8-14/h3-5,7-8,13,18H,2,6,9-10,12H2,1H3,(H,19,20)/b15-13-. The number of carbonyl (C=O) groups is 1. The molecule has 0 unspecified atom stereocenters. The van der Waals surface area contributed by atoms with Crippen LogP contribution in [-0.4, -0.2) is 25.7 Å². The Bertz CT molecular complexity index is 492. The number of amides is 1. The Morgan fingerprint density at radius 2 is 2.14 bits per heavy atom. The maximum absolute atomic E-state index is 11.8. The van der Waals surface area contributed by atoms with Gasteiger partial charge in [-0.3, -0.25) is 4.79 Å². The molecule has 0 aliphatic rings. The van der Waals surface area contributed by atoms with E-state index in [1.54, 1.807) is 0 Å². The molecule has 5 nitrogen and oxygen atoms in total. The van der Waals surface area contributed by atoms with Crippen LogP contribution < -0.4 is 10.6 Å². The number of benzene rings is 1. The van der Waals surface area contributed by atoms with Gasteiger partial charge in [0.15, 0.2) is 0 Å². The molecule has 5 heteroatoms. The van der Waals surface area contributed by atoms with Crippen LogP contribution in [0.25, 0.3) is 0 Å². The van der Waals surface area contributed by atoms with E-state index < -0.39 is 0 Å². The number of hydrogen-bond donors (Lipinski definition) is 2. The van der Waals surface area contributed by atoms with Gasteiger partial charge in [0.25, 0.3) is 5.91 Å². The minimum Gasteiger partial charge on any atom is -0.386 e. The highest BCUT2D eigenvalue weighted by molar-refractivity contribution is 5.97. The fourth-order valence-electron chi connectivity index (χ4n) is 1.63. The van der Waals surface area contributed by atoms with Crippen LogP contribution in [0, 0.1) is 11.3 Å². The molecule has 0 fully saturated rings. The first-order chi connectivity index (χ1) is 10.3. The molecular formula is C16H21N3O2. The van der Waals surface area contributed by atoms with Gasteiger partial charge in [0.1, 0.15) is 11.6 Å². The molecule has 0 radical (unpaired) electrons. The third kappa shape index (κ3) is 7.14. The first kappa shape index (κ1) is 16.7. The smallest absolute Gasteiger partial charge is 0.263 e. The zero-order valence-corrected chi connectivity index (χ0v) is 12.3. The summed E-state index contributed by atoms with van der Waals surface area (Å²) in [6, 6.07) is 11.7. The summed E-state index contributed by atoms with van der Waals surface area (Å²) in [5.74, 6) is -0.366. The predicted molar refractivity (Wildman–Crippen MR) is 81.1 cm³/mol. The van der Waals surface area contributed by atoms with Gasteiger partial charge in [0, 0.05) is 32.5 Å². The monoisotopic (exact) mass is 287 g/mol. The molecule has 0 spiro atoms. The highest BCUT2D eigenvalue weighted by Gasteiger charge is 2.07. The summed E-state index contributed by atoms with van der Waals surface area (Å²) in [6.07, 6.45) is 2.18. The van der Waals surface area contributed by atoms with Crippen molar-refractivity contribution in [2.45, 2.75) is 19.9 Å². The molecular weight excluding hydrogens is 266 g/mol. The molecule has 0 heterocycles. The second kappa shape index (κ2) is 10.5. The average molecular weight is 287 g/mol. The molecule has 0 aliphatic carbocycles. The Kier molecular flexibility index (Phi) is 8.34. The molecule has 0 aliphatic heterocycles. The summed E-state index contributed by atoms with van der Waals surface area (Å²) in [4.78, 5) is 11.8. The van der Waals surface area contributed by atoms with E-state index in [4.69, 9.17) is 10.00 Å². The molecule has 112 valence electrons. The normalized spacial score (nSPS) is 10.8. The summed E-state index contributed by atoms with van der Waals surface area (Å²) in [6.45, 7) is 4.27. The SMILES string of the molecule is CCOCCCNC(=O)/C(C#N)=C\NCc1ccccc1. The van der Waals surface area contributed by atoms with Gasteiger partial charge in [-0.25, -0.2) is 0 Å². The van der Waals surface area contributed by atoms with Gasteiger partial charge in [0.05, 0.1) is 0 Å². The number of ether oxygens (including phenoxy) is 1. The summed E-state index contributed by atoms with van der Waals surface area (Å²) >= 11 is 0. The van der Waals surface area contributed by atoms with E-state index in [0.29, 0.717) is 26.3 Å². The molecule has 1 amide bonds. The Hall–Kier alpha value is -2.32. The van der Waals surface area contributed by atoms with Crippen molar-refractivity contribution in [2.24, 2.45) is 0 Å². The van der Waals surface area contributed by atoms with Gasteiger partial charge in [-0.1, -0.05) is 30.3 Å². The molecule has 0 bridgehead atoms. The van der Waals surface area contributed by atoms with Gasteiger partial charge in [0.2, 0.25) is 0 Å². The van der Waals surface area contributed by atoms with Crippen molar-refractivity contribution in [3.63, 3.8) is 0 Å². The number of rotatable bonds is 9. The molecule has 1 aromatic carbocycles. The number of hydrogen-bond acceptors (Lipinski definition) is 4. The van der Waals surface area contributed by atoms with Crippen molar-refractivity contribution >= 4 is 5.91 Å².